The number of hydrogen-bond donors (Lipinski definition) is 0. The molecule has 2 aromatic heterocycles. The lowest BCUT2D eigenvalue weighted by atomic mass is 10.3. The highest BCUT2D eigenvalue weighted by atomic mass is 35.5. The van der Waals surface area contributed by atoms with E-state index in [0.717, 1.165) is 11.4 Å². The third-order valence-corrected chi connectivity index (χ3v) is 2.81. The van der Waals surface area contributed by atoms with E-state index >= 15 is 0 Å². The SMILES string of the molecule is Cc1cc(C)n(-c2ncnc(Cl)c2CCl)n1. The van der Waals surface area contributed by atoms with Crippen LogP contribution in [0.4, 0.5) is 0 Å². The second-order valence-electron chi connectivity index (χ2n) is 3.44. The van der Waals surface area contributed by atoms with Crippen molar-refractivity contribution in [1.29, 1.82) is 0 Å². The first-order valence-electron chi connectivity index (χ1n) is 4.72. The topological polar surface area (TPSA) is 43.6 Å². The van der Waals surface area contributed by atoms with Crippen molar-refractivity contribution in [2.24, 2.45) is 0 Å². The standard InChI is InChI=1S/C10H10Cl2N4/c1-6-3-7(2)16(15-6)10-8(4-11)9(12)13-5-14-10/h3,5H,4H2,1-2H3. The molecule has 0 N–H and O–H groups in total. The van der Waals surface area contributed by atoms with E-state index in [9.17, 15) is 0 Å². The molecule has 0 saturated carbocycles. The molecule has 84 valence electrons. The maximum atomic E-state index is 5.96. The average molecular weight is 257 g/mol. The van der Waals surface area contributed by atoms with Gasteiger partial charge in [-0.2, -0.15) is 5.10 Å². The minimum atomic E-state index is 0.257. The van der Waals surface area contributed by atoms with Crippen molar-refractivity contribution in [1.82, 2.24) is 19.7 Å². The maximum absolute atomic E-state index is 5.96. The number of aromatic nitrogens is 4. The third kappa shape index (κ3) is 1.90. The highest BCUT2D eigenvalue weighted by Crippen LogP contribution is 2.21. The van der Waals surface area contributed by atoms with Crippen molar-refractivity contribution < 1.29 is 0 Å². The summed E-state index contributed by atoms with van der Waals surface area (Å²) in [5.41, 5.74) is 2.60. The van der Waals surface area contributed by atoms with E-state index in [0.29, 0.717) is 16.5 Å². The molecular formula is C10H10Cl2N4. The molecule has 0 aliphatic carbocycles. The van der Waals surface area contributed by atoms with Gasteiger partial charge in [0, 0.05) is 11.3 Å². The van der Waals surface area contributed by atoms with Crippen molar-refractivity contribution in [3.05, 3.63) is 34.5 Å². The third-order valence-electron chi connectivity index (χ3n) is 2.21. The molecule has 2 rings (SSSR count). The van der Waals surface area contributed by atoms with E-state index in [1.54, 1.807) is 4.68 Å². The fourth-order valence-corrected chi connectivity index (χ4v) is 2.03. The Labute approximate surface area is 103 Å². The van der Waals surface area contributed by atoms with Crippen molar-refractivity contribution in [2.75, 3.05) is 0 Å². The summed E-state index contributed by atoms with van der Waals surface area (Å²) in [6.45, 7) is 3.88. The van der Waals surface area contributed by atoms with Gasteiger partial charge in [0.15, 0.2) is 5.82 Å². The van der Waals surface area contributed by atoms with Gasteiger partial charge in [0.1, 0.15) is 11.5 Å². The normalized spacial score (nSPS) is 10.8. The van der Waals surface area contributed by atoms with Crippen molar-refractivity contribution >= 4 is 23.2 Å². The number of rotatable bonds is 2. The second-order valence-corrected chi connectivity index (χ2v) is 4.06. The zero-order valence-corrected chi connectivity index (χ0v) is 10.4. The molecule has 0 atom stereocenters. The van der Waals surface area contributed by atoms with Crippen molar-refractivity contribution in [2.45, 2.75) is 19.7 Å². The molecule has 0 radical (unpaired) electrons. The first-order chi connectivity index (χ1) is 7.63. The summed E-state index contributed by atoms with van der Waals surface area (Å²) >= 11 is 11.8. The van der Waals surface area contributed by atoms with E-state index in [1.807, 2.05) is 19.9 Å². The van der Waals surface area contributed by atoms with Crippen LogP contribution >= 0.6 is 23.2 Å². The molecule has 0 fully saturated rings. The molecule has 0 bridgehead atoms. The molecule has 0 saturated heterocycles. The van der Waals surface area contributed by atoms with E-state index in [4.69, 9.17) is 23.2 Å². The van der Waals surface area contributed by atoms with Crippen LogP contribution in [0.3, 0.4) is 0 Å². The lowest BCUT2D eigenvalue weighted by molar-refractivity contribution is 0.791. The van der Waals surface area contributed by atoms with Crippen LogP contribution in [-0.4, -0.2) is 19.7 Å². The predicted molar refractivity (Wildman–Crippen MR) is 63.2 cm³/mol. The zero-order valence-electron chi connectivity index (χ0n) is 8.91. The number of nitrogens with zero attached hydrogens (tertiary/aromatic N) is 4. The highest BCUT2D eigenvalue weighted by molar-refractivity contribution is 6.31. The predicted octanol–water partition coefficient (Wildman–Crippen LogP) is 2.67. The first kappa shape index (κ1) is 11.4. The van der Waals surface area contributed by atoms with Gasteiger partial charge in [-0.25, -0.2) is 14.6 Å². The van der Waals surface area contributed by atoms with Crippen LogP contribution in [0, 0.1) is 13.8 Å². The average Bonchev–Trinajstić information content (AvgIpc) is 2.57. The van der Waals surface area contributed by atoms with Crippen LogP contribution in [0.1, 0.15) is 17.0 Å². The van der Waals surface area contributed by atoms with E-state index < -0.39 is 0 Å². The van der Waals surface area contributed by atoms with Crippen LogP contribution in [0.15, 0.2) is 12.4 Å². The van der Waals surface area contributed by atoms with Gasteiger partial charge in [0.2, 0.25) is 0 Å². The molecule has 2 aromatic rings. The summed E-state index contributed by atoms with van der Waals surface area (Å²) in [4.78, 5) is 8.08. The molecule has 0 aromatic carbocycles. The maximum Gasteiger partial charge on any atom is 0.162 e. The van der Waals surface area contributed by atoms with Gasteiger partial charge in [0.25, 0.3) is 0 Å². The fourth-order valence-electron chi connectivity index (χ4n) is 1.52. The van der Waals surface area contributed by atoms with Gasteiger partial charge in [0.05, 0.1) is 11.6 Å². The minimum Gasteiger partial charge on any atom is -0.224 e. The lowest BCUT2D eigenvalue weighted by Gasteiger charge is -2.08. The Kier molecular flexibility index (Phi) is 3.12. The Morgan fingerprint density at radius 3 is 2.62 bits per heavy atom. The zero-order chi connectivity index (χ0) is 11.7. The molecule has 4 nitrogen and oxygen atoms in total. The fraction of sp³-hybridized carbons (Fsp3) is 0.300. The summed E-state index contributed by atoms with van der Waals surface area (Å²) in [5, 5.41) is 4.71. The number of halogens is 2. The van der Waals surface area contributed by atoms with Crippen LogP contribution in [0.25, 0.3) is 5.82 Å². The molecule has 0 aliphatic rings. The van der Waals surface area contributed by atoms with E-state index in [2.05, 4.69) is 15.1 Å². The minimum absolute atomic E-state index is 0.257. The number of alkyl halides is 1. The van der Waals surface area contributed by atoms with Crippen molar-refractivity contribution in [3.8, 4) is 5.82 Å². The molecular weight excluding hydrogens is 247 g/mol. The van der Waals surface area contributed by atoms with Gasteiger partial charge < -0.3 is 0 Å². The van der Waals surface area contributed by atoms with Crippen LogP contribution in [-0.2, 0) is 5.88 Å². The molecule has 2 heterocycles. The molecule has 0 unspecified atom stereocenters. The largest absolute Gasteiger partial charge is 0.224 e. The quantitative estimate of drug-likeness (QED) is 0.613. The van der Waals surface area contributed by atoms with Gasteiger partial charge in [-0.05, 0) is 19.9 Å². The van der Waals surface area contributed by atoms with Crippen LogP contribution in [0.2, 0.25) is 5.15 Å². The van der Waals surface area contributed by atoms with E-state index in [1.165, 1.54) is 6.33 Å². The second kappa shape index (κ2) is 4.39. The Balaban J connectivity index is 2.64. The summed E-state index contributed by atoms with van der Waals surface area (Å²) in [6, 6.07) is 1.97. The molecule has 6 heteroatoms. The Morgan fingerprint density at radius 1 is 1.31 bits per heavy atom. The van der Waals surface area contributed by atoms with Gasteiger partial charge in [-0.1, -0.05) is 11.6 Å². The molecule has 0 aliphatic heterocycles. The van der Waals surface area contributed by atoms with Gasteiger partial charge in [-0.15, -0.1) is 11.6 Å². The van der Waals surface area contributed by atoms with Gasteiger partial charge in [-0.3, -0.25) is 0 Å². The Bertz CT molecular complexity index is 522. The number of hydrogen-bond acceptors (Lipinski definition) is 3. The molecule has 16 heavy (non-hydrogen) atoms. The van der Waals surface area contributed by atoms with Crippen LogP contribution in [0.5, 0.6) is 0 Å². The number of aryl methyl sites for hydroxylation is 2. The van der Waals surface area contributed by atoms with Crippen molar-refractivity contribution in [3.63, 3.8) is 0 Å². The first-order valence-corrected chi connectivity index (χ1v) is 5.63. The summed E-state index contributed by atoms with van der Waals surface area (Å²) in [6.07, 6.45) is 1.41. The molecule has 0 amide bonds. The monoisotopic (exact) mass is 256 g/mol. The highest BCUT2D eigenvalue weighted by Gasteiger charge is 2.13. The van der Waals surface area contributed by atoms with Crippen LogP contribution < -0.4 is 0 Å². The Hall–Kier alpha value is -1.13. The van der Waals surface area contributed by atoms with E-state index in [-0.39, 0.29) is 5.88 Å². The summed E-state index contributed by atoms with van der Waals surface area (Å²) in [7, 11) is 0. The van der Waals surface area contributed by atoms with Gasteiger partial charge >= 0.3 is 0 Å². The molecule has 0 spiro atoms. The lowest BCUT2D eigenvalue weighted by Crippen LogP contribution is -2.06. The smallest absolute Gasteiger partial charge is 0.162 e. The summed E-state index contributed by atoms with van der Waals surface area (Å²) < 4.78 is 1.72. The Morgan fingerprint density at radius 2 is 2.06 bits per heavy atom. The summed E-state index contributed by atoms with van der Waals surface area (Å²) in [5.74, 6) is 0.897.